The average molecular weight is 371 g/mol. The molecule has 0 aromatic heterocycles. The number of nitro benzene ring substituents is 1. The maximum Gasteiger partial charge on any atom is 0.323 e. The first-order valence-electron chi connectivity index (χ1n) is 7.82. The average Bonchev–Trinajstić information content (AvgIpc) is 2.62. The quantitative estimate of drug-likeness (QED) is 0.262. The molecule has 140 valence electrons. The van der Waals surface area contributed by atoms with Gasteiger partial charge in [-0.15, -0.1) is 0 Å². The zero-order valence-electron chi connectivity index (χ0n) is 14.7. The summed E-state index contributed by atoms with van der Waals surface area (Å²) < 4.78 is 9.93. The fourth-order valence-electron chi connectivity index (χ4n) is 2.29. The number of rotatable bonds is 7. The van der Waals surface area contributed by atoms with Crippen LogP contribution >= 0.6 is 0 Å². The predicted octanol–water partition coefficient (Wildman–Crippen LogP) is 2.22. The molecule has 9 nitrogen and oxygen atoms in total. The molecule has 27 heavy (non-hydrogen) atoms. The third-order valence-corrected chi connectivity index (χ3v) is 3.37. The normalized spacial score (nSPS) is 10.4. The van der Waals surface area contributed by atoms with Gasteiger partial charge in [0.25, 0.3) is 0 Å². The molecule has 0 aliphatic carbocycles. The number of nitrogens with zero attached hydrogens (tertiary/aromatic N) is 2. The lowest BCUT2D eigenvalue weighted by Gasteiger charge is -2.09. The number of ether oxygens (including phenoxy) is 2. The molecule has 0 heterocycles. The number of benzene rings is 2. The number of nitro groups is 1. The topological polar surface area (TPSA) is 120 Å². The van der Waals surface area contributed by atoms with Gasteiger partial charge < -0.3 is 9.47 Å². The molecule has 0 radical (unpaired) electrons. The van der Waals surface area contributed by atoms with Crippen molar-refractivity contribution in [1.29, 1.82) is 0 Å². The number of hydrogen-bond donors (Lipinski definition) is 1. The molecule has 0 aliphatic heterocycles. The molecule has 0 unspecified atom stereocenters. The Hall–Kier alpha value is -3.75. The van der Waals surface area contributed by atoms with Crippen molar-refractivity contribution in [2.45, 2.75) is 13.3 Å². The number of esters is 1. The van der Waals surface area contributed by atoms with Crippen molar-refractivity contribution in [2.75, 3.05) is 7.11 Å². The first-order valence-corrected chi connectivity index (χ1v) is 7.82. The van der Waals surface area contributed by atoms with E-state index in [0.29, 0.717) is 0 Å². The first kappa shape index (κ1) is 19.6. The molecule has 0 saturated carbocycles. The van der Waals surface area contributed by atoms with Gasteiger partial charge in [-0.1, -0.05) is 30.3 Å². The molecule has 2 aromatic rings. The summed E-state index contributed by atoms with van der Waals surface area (Å²) in [4.78, 5) is 33.7. The highest BCUT2D eigenvalue weighted by Crippen LogP contribution is 2.39. The van der Waals surface area contributed by atoms with Gasteiger partial charge in [-0.05, 0) is 17.7 Å². The highest BCUT2D eigenvalue weighted by atomic mass is 16.6. The van der Waals surface area contributed by atoms with Gasteiger partial charge in [0.05, 0.1) is 30.2 Å². The lowest BCUT2D eigenvalue weighted by Crippen LogP contribution is -2.19. The Kier molecular flexibility index (Phi) is 6.59. The number of hydrazone groups is 1. The molecule has 0 fully saturated rings. The summed E-state index contributed by atoms with van der Waals surface area (Å²) in [6.45, 7) is 1.17. The van der Waals surface area contributed by atoms with Crippen molar-refractivity contribution in [3.63, 3.8) is 0 Å². The first-order chi connectivity index (χ1) is 12.9. The van der Waals surface area contributed by atoms with Crippen molar-refractivity contribution in [3.8, 4) is 11.5 Å². The van der Waals surface area contributed by atoms with Gasteiger partial charge in [0.15, 0.2) is 5.75 Å². The minimum absolute atomic E-state index is 0.0766. The summed E-state index contributed by atoms with van der Waals surface area (Å²) in [6, 6.07) is 11.7. The fraction of sp³-hybridized carbons (Fsp3) is 0.167. The van der Waals surface area contributed by atoms with E-state index >= 15 is 0 Å². The minimum Gasteiger partial charge on any atom is -0.488 e. The molecule has 0 spiro atoms. The molecule has 0 atom stereocenters. The zero-order valence-corrected chi connectivity index (χ0v) is 14.7. The van der Waals surface area contributed by atoms with Gasteiger partial charge in [-0.3, -0.25) is 19.7 Å². The molecule has 2 rings (SSSR count). The highest BCUT2D eigenvalue weighted by Gasteiger charge is 2.25. The van der Waals surface area contributed by atoms with E-state index in [9.17, 15) is 19.7 Å². The van der Waals surface area contributed by atoms with Crippen LogP contribution in [0.4, 0.5) is 5.69 Å². The van der Waals surface area contributed by atoms with Crippen LogP contribution in [0.5, 0.6) is 11.5 Å². The number of hydrogen-bond acceptors (Lipinski definition) is 7. The summed E-state index contributed by atoms with van der Waals surface area (Å²) in [5.74, 6) is -1.31. The van der Waals surface area contributed by atoms with Crippen molar-refractivity contribution >= 4 is 23.8 Å². The monoisotopic (exact) mass is 371 g/mol. The summed E-state index contributed by atoms with van der Waals surface area (Å²) >= 11 is 0. The Bertz CT molecular complexity index is 880. The van der Waals surface area contributed by atoms with E-state index in [1.165, 1.54) is 26.2 Å². The van der Waals surface area contributed by atoms with Crippen LogP contribution in [0.3, 0.4) is 0 Å². The summed E-state index contributed by atoms with van der Waals surface area (Å²) in [6.07, 6.45) is 1.25. The Morgan fingerprint density at radius 3 is 2.52 bits per heavy atom. The third-order valence-electron chi connectivity index (χ3n) is 3.37. The van der Waals surface area contributed by atoms with E-state index in [-0.39, 0.29) is 29.4 Å². The second-order valence-electron chi connectivity index (χ2n) is 5.34. The number of carbonyl (C=O) groups is 2. The molecule has 2 aromatic carbocycles. The Balaban J connectivity index is 2.19. The van der Waals surface area contributed by atoms with Crippen LogP contribution in [-0.4, -0.2) is 30.1 Å². The summed E-state index contributed by atoms with van der Waals surface area (Å²) in [5, 5.41) is 15.2. The molecule has 0 aliphatic rings. The van der Waals surface area contributed by atoms with Crippen LogP contribution < -0.4 is 14.9 Å². The lowest BCUT2D eigenvalue weighted by molar-refractivity contribution is -0.385. The third kappa shape index (κ3) is 5.36. The number of amides is 1. The van der Waals surface area contributed by atoms with Crippen LogP contribution in [0.1, 0.15) is 18.1 Å². The standard InChI is InChI=1S/C18H17N3O6/c1-12(22)27-15-9-8-14(17(21(24)25)18(15)26-2)11-19-20-16(23)10-13-6-4-3-5-7-13/h3-9,11H,10H2,1-2H3,(H,20,23). The van der Waals surface area contributed by atoms with Crippen LogP contribution in [0.2, 0.25) is 0 Å². The maximum absolute atomic E-state index is 11.9. The SMILES string of the molecule is COc1c(OC(C)=O)ccc(C=NNC(=O)Cc2ccccc2)c1[N+](=O)[O-]. The van der Waals surface area contributed by atoms with Crippen LogP contribution in [0.15, 0.2) is 47.6 Å². The zero-order chi connectivity index (χ0) is 19.8. The molecule has 0 bridgehead atoms. The predicted molar refractivity (Wildman–Crippen MR) is 96.8 cm³/mol. The Morgan fingerprint density at radius 2 is 1.93 bits per heavy atom. The molecule has 0 saturated heterocycles. The lowest BCUT2D eigenvalue weighted by atomic mass is 10.1. The van der Waals surface area contributed by atoms with E-state index in [0.717, 1.165) is 11.8 Å². The fourth-order valence-corrected chi connectivity index (χ4v) is 2.29. The van der Waals surface area contributed by atoms with Gasteiger partial charge in [0.2, 0.25) is 11.7 Å². The van der Waals surface area contributed by atoms with E-state index in [2.05, 4.69) is 10.5 Å². The van der Waals surface area contributed by atoms with E-state index < -0.39 is 16.6 Å². The molecular weight excluding hydrogens is 354 g/mol. The van der Waals surface area contributed by atoms with Gasteiger partial charge in [-0.2, -0.15) is 5.10 Å². The van der Waals surface area contributed by atoms with E-state index in [1.54, 1.807) is 12.1 Å². The van der Waals surface area contributed by atoms with Crippen LogP contribution in [-0.2, 0) is 16.0 Å². The van der Waals surface area contributed by atoms with Crippen molar-refractivity contribution in [3.05, 3.63) is 63.7 Å². The second-order valence-corrected chi connectivity index (χ2v) is 5.34. The van der Waals surface area contributed by atoms with Crippen molar-refractivity contribution < 1.29 is 24.0 Å². The van der Waals surface area contributed by atoms with Gasteiger partial charge in [-0.25, -0.2) is 5.43 Å². The maximum atomic E-state index is 11.9. The Labute approximate surface area is 154 Å². The van der Waals surface area contributed by atoms with E-state index in [1.807, 2.05) is 18.2 Å². The van der Waals surface area contributed by atoms with Gasteiger partial charge in [0, 0.05) is 6.92 Å². The van der Waals surface area contributed by atoms with E-state index in [4.69, 9.17) is 9.47 Å². The van der Waals surface area contributed by atoms with Gasteiger partial charge >= 0.3 is 11.7 Å². The van der Waals surface area contributed by atoms with Crippen LogP contribution in [0.25, 0.3) is 0 Å². The molecule has 9 heteroatoms. The Morgan fingerprint density at radius 1 is 1.22 bits per heavy atom. The van der Waals surface area contributed by atoms with Crippen LogP contribution in [0, 0.1) is 10.1 Å². The molecule has 1 amide bonds. The number of carbonyl (C=O) groups excluding carboxylic acids is 2. The molecule has 1 N–H and O–H groups in total. The number of methoxy groups -OCH3 is 1. The summed E-state index contributed by atoms with van der Waals surface area (Å²) in [5.41, 5.74) is 2.76. The molecular formula is C18H17N3O6. The van der Waals surface area contributed by atoms with Crippen molar-refractivity contribution in [2.24, 2.45) is 5.10 Å². The smallest absolute Gasteiger partial charge is 0.323 e. The van der Waals surface area contributed by atoms with Gasteiger partial charge in [0.1, 0.15) is 0 Å². The summed E-state index contributed by atoms with van der Waals surface area (Å²) in [7, 11) is 1.22. The largest absolute Gasteiger partial charge is 0.488 e. The minimum atomic E-state index is -0.682. The van der Waals surface area contributed by atoms with Crippen molar-refractivity contribution in [1.82, 2.24) is 5.43 Å². The second kappa shape index (κ2) is 9.09. The number of nitrogens with one attached hydrogen (secondary N) is 1. The highest BCUT2D eigenvalue weighted by molar-refractivity contribution is 5.90.